The average molecular weight is 714 g/mol. The van der Waals surface area contributed by atoms with Gasteiger partial charge in [0.25, 0.3) is 11.8 Å². The van der Waals surface area contributed by atoms with Gasteiger partial charge in [0, 0.05) is 19.0 Å². The zero-order valence-electron chi connectivity index (χ0n) is 28.9. The number of carbonyl (C=O) groups excluding carboxylic acids is 5. The number of nitrogens with two attached hydrogens (primary N) is 3. The Morgan fingerprint density at radius 2 is 1.50 bits per heavy atom. The maximum atomic E-state index is 13.9. The Kier molecular flexibility index (Phi) is 14.9. The largest absolute Gasteiger partial charge is 0.370 e. The second kappa shape index (κ2) is 20.0. The molecule has 0 aliphatic heterocycles. The lowest BCUT2D eigenvalue weighted by Gasteiger charge is -2.28. The molecule has 3 aromatic rings. The van der Waals surface area contributed by atoms with Gasteiger partial charge in [0.2, 0.25) is 29.5 Å². The molecule has 0 spiro atoms. The number of aliphatic imine (C=N–C) groups is 1. The molecule has 52 heavy (non-hydrogen) atoms. The number of anilines is 1. The molecule has 1 fully saturated rings. The van der Waals surface area contributed by atoms with Crippen LogP contribution in [0.2, 0.25) is 0 Å². The van der Waals surface area contributed by atoms with E-state index in [0.29, 0.717) is 12.8 Å². The summed E-state index contributed by atoms with van der Waals surface area (Å²) in [7, 11) is 0. The molecular weight excluding hydrogens is 666 g/mol. The molecule has 0 saturated heterocycles. The summed E-state index contributed by atoms with van der Waals surface area (Å²) in [5, 5.41) is 17.1. The lowest BCUT2D eigenvalue weighted by molar-refractivity contribution is -0.132. The third-order valence-electron chi connectivity index (χ3n) is 8.60. The number of H-pyrrole nitrogens is 1. The van der Waals surface area contributed by atoms with E-state index in [2.05, 4.69) is 41.4 Å². The van der Waals surface area contributed by atoms with Gasteiger partial charge in [-0.1, -0.05) is 92.8 Å². The van der Waals surface area contributed by atoms with E-state index in [1.807, 2.05) is 60.7 Å². The first-order valence-electron chi connectivity index (χ1n) is 17.3. The lowest BCUT2D eigenvalue weighted by Crippen LogP contribution is -2.57. The Morgan fingerprint density at radius 1 is 0.846 bits per heavy atom. The van der Waals surface area contributed by atoms with Gasteiger partial charge in [0.05, 0.1) is 0 Å². The van der Waals surface area contributed by atoms with Gasteiger partial charge in [-0.3, -0.25) is 39.4 Å². The van der Waals surface area contributed by atoms with E-state index in [1.54, 1.807) is 6.08 Å². The number of carbonyl (C=O) groups is 5. The molecule has 1 aromatic heterocycles. The molecule has 5 amide bonds. The molecule has 0 unspecified atom stereocenters. The standard InChI is InChI=1S/C36H47N11O5/c37-30(49)27(21-24-13-6-2-7-14-24)42-32(50)26(17-10-20-40-35(38)39)41-33(51)28(22-25-15-8-3-9-16-25)43-34(52)31-45-36(47-46-31)44-29(48)19-18-23-11-4-1-5-12-23/h1-2,4-7,11-14,18-19,25-28H,3,8-10,15-17,20-22H2,(H2,37,49)(H,41,51)(H,42,50)(H,43,52)(H4,38,39,40)(H2,44,45,46,47,48)/b19-18+/t26-,27-,28-/m0/s1. The number of hydrogen-bond donors (Lipinski definition) is 8. The molecule has 16 nitrogen and oxygen atoms in total. The lowest BCUT2D eigenvalue weighted by atomic mass is 9.84. The number of nitrogens with zero attached hydrogens (tertiary/aromatic N) is 3. The van der Waals surface area contributed by atoms with Crippen LogP contribution in [-0.2, 0) is 25.6 Å². The zero-order valence-corrected chi connectivity index (χ0v) is 28.9. The van der Waals surface area contributed by atoms with Crippen LogP contribution >= 0.6 is 0 Å². The molecule has 276 valence electrons. The smallest absolute Gasteiger partial charge is 0.289 e. The van der Waals surface area contributed by atoms with Crippen LogP contribution in [0.25, 0.3) is 6.08 Å². The Morgan fingerprint density at radius 3 is 2.17 bits per heavy atom. The minimum atomic E-state index is -1.11. The number of rotatable bonds is 18. The van der Waals surface area contributed by atoms with Crippen molar-refractivity contribution in [2.75, 3.05) is 11.9 Å². The van der Waals surface area contributed by atoms with E-state index >= 15 is 0 Å². The SMILES string of the molecule is NC(=O)[C@H](Cc1ccccc1)NC(=O)[C@H](CCCN=C(N)N)NC(=O)[C@H](CC1CCCCC1)NC(=O)c1nc(NC(=O)/C=C/c2ccccc2)n[nH]1. The normalized spacial score (nSPS) is 14.8. The van der Waals surface area contributed by atoms with Crippen molar-refractivity contribution in [2.24, 2.45) is 28.1 Å². The van der Waals surface area contributed by atoms with Crippen molar-refractivity contribution in [3.63, 3.8) is 0 Å². The summed E-state index contributed by atoms with van der Waals surface area (Å²) in [4.78, 5) is 73.7. The summed E-state index contributed by atoms with van der Waals surface area (Å²) < 4.78 is 0. The number of hydrogen-bond acceptors (Lipinski definition) is 8. The topological polar surface area (TPSA) is 265 Å². The fraction of sp³-hybridized carbons (Fsp3) is 0.389. The average Bonchev–Trinajstić information content (AvgIpc) is 3.61. The maximum absolute atomic E-state index is 13.9. The van der Waals surface area contributed by atoms with Crippen molar-refractivity contribution < 1.29 is 24.0 Å². The predicted octanol–water partition coefficient (Wildman–Crippen LogP) is 1.28. The summed E-state index contributed by atoms with van der Waals surface area (Å²) >= 11 is 0. The molecule has 4 rings (SSSR count). The Bertz CT molecular complexity index is 1700. The molecular formula is C36H47N11O5. The summed E-state index contributed by atoms with van der Waals surface area (Å²) in [5.41, 5.74) is 18.2. The van der Waals surface area contributed by atoms with Crippen LogP contribution in [0.15, 0.2) is 71.7 Å². The third-order valence-corrected chi connectivity index (χ3v) is 8.60. The van der Waals surface area contributed by atoms with Gasteiger partial charge in [-0.25, -0.2) is 0 Å². The number of aromatic nitrogens is 3. The van der Waals surface area contributed by atoms with Gasteiger partial charge in [-0.05, 0) is 42.4 Å². The van der Waals surface area contributed by atoms with Gasteiger partial charge in [0.1, 0.15) is 18.1 Å². The molecule has 0 radical (unpaired) electrons. The van der Waals surface area contributed by atoms with Gasteiger partial charge in [-0.2, -0.15) is 4.98 Å². The molecule has 2 aromatic carbocycles. The van der Waals surface area contributed by atoms with Crippen molar-refractivity contribution in [1.29, 1.82) is 0 Å². The first-order chi connectivity index (χ1) is 25.1. The van der Waals surface area contributed by atoms with Crippen LogP contribution < -0.4 is 38.5 Å². The van der Waals surface area contributed by atoms with Gasteiger partial charge in [-0.15, -0.1) is 5.10 Å². The number of benzene rings is 2. The fourth-order valence-electron chi connectivity index (χ4n) is 5.91. The summed E-state index contributed by atoms with van der Waals surface area (Å²) in [6, 6.07) is 15.1. The summed E-state index contributed by atoms with van der Waals surface area (Å²) in [6.07, 6.45) is 8.72. The van der Waals surface area contributed by atoms with Crippen LogP contribution in [0, 0.1) is 5.92 Å². The Balaban J connectivity index is 1.46. The van der Waals surface area contributed by atoms with Gasteiger partial charge < -0.3 is 33.2 Å². The highest BCUT2D eigenvalue weighted by atomic mass is 16.2. The van der Waals surface area contributed by atoms with E-state index in [-0.39, 0.29) is 43.0 Å². The number of amides is 5. The molecule has 16 heteroatoms. The third kappa shape index (κ3) is 13.0. The zero-order chi connectivity index (χ0) is 37.3. The van der Waals surface area contributed by atoms with E-state index < -0.39 is 47.7 Å². The number of nitrogens with one attached hydrogen (secondary N) is 5. The quantitative estimate of drug-likeness (QED) is 0.0408. The van der Waals surface area contributed by atoms with Gasteiger partial charge in [0.15, 0.2) is 5.96 Å². The van der Waals surface area contributed by atoms with Crippen molar-refractivity contribution in [2.45, 2.75) is 75.9 Å². The first kappa shape index (κ1) is 38.7. The highest BCUT2D eigenvalue weighted by Gasteiger charge is 2.31. The van der Waals surface area contributed by atoms with Crippen molar-refractivity contribution in [3.8, 4) is 0 Å². The van der Waals surface area contributed by atoms with Crippen molar-refractivity contribution in [1.82, 2.24) is 31.1 Å². The molecule has 1 heterocycles. The molecule has 1 aliphatic carbocycles. The molecule has 1 aliphatic rings. The molecule has 3 atom stereocenters. The monoisotopic (exact) mass is 713 g/mol. The minimum absolute atomic E-state index is 0.115. The maximum Gasteiger partial charge on any atom is 0.289 e. The second-order valence-electron chi connectivity index (χ2n) is 12.7. The summed E-state index contributed by atoms with van der Waals surface area (Å²) in [5.74, 6) is -3.50. The van der Waals surface area contributed by atoms with Crippen molar-refractivity contribution >= 4 is 47.5 Å². The van der Waals surface area contributed by atoms with Gasteiger partial charge >= 0.3 is 0 Å². The Hall–Kier alpha value is -6.06. The van der Waals surface area contributed by atoms with Crippen LogP contribution in [-0.4, -0.2) is 75.3 Å². The fourth-order valence-corrected chi connectivity index (χ4v) is 5.91. The van der Waals surface area contributed by atoms with Crippen LogP contribution in [0.5, 0.6) is 0 Å². The highest BCUT2D eigenvalue weighted by Crippen LogP contribution is 2.27. The second-order valence-corrected chi connectivity index (χ2v) is 12.7. The van der Waals surface area contributed by atoms with Crippen molar-refractivity contribution in [3.05, 3.63) is 83.7 Å². The molecule has 11 N–H and O–H groups in total. The van der Waals surface area contributed by atoms with E-state index in [4.69, 9.17) is 17.2 Å². The van der Waals surface area contributed by atoms with Crippen LogP contribution in [0.3, 0.4) is 0 Å². The summed E-state index contributed by atoms with van der Waals surface area (Å²) in [6.45, 7) is 0.194. The molecule has 0 bridgehead atoms. The minimum Gasteiger partial charge on any atom is -0.370 e. The van der Waals surface area contributed by atoms with E-state index in [0.717, 1.165) is 43.2 Å². The molecule has 1 saturated carbocycles. The Labute approximate surface area is 301 Å². The predicted molar refractivity (Wildman–Crippen MR) is 196 cm³/mol. The van der Waals surface area contributed by atoms with E-state index in [9.17, 15) is 24.0 Å². The number of guanidine groups is 1. The van der Waals surface area contributed by atoms with E-state index in [1.165, 1.54) is 6.08 Å². The van der Waals surface area contributed by atoms with Crippen LogP contribution in [0.4, 0.5) is 5.95 Å². The highest BCUT2D eigenvalue weighted by molar-refractivity contribution is 6.01. The van der Waals surface area contributed by atoms with Crippen LogP contribution in [0.1, 0.15) is 73.1 Å². The number of aromatic amines is 1. The first-order valence-corrected chi connectivity index (χ1v) is 17.3. The number of primary amides is 1.